The van der Waals surface area contributed by atoms with Crippen molar-refractivity contribution in [1.82, 2.24) is 4.98 Å². The highest BCUT2D eigenvalue weighted by Crippen LogP contribution is 2.31. The van der Waals surface area contributed by atoms with E-state index < -0.39 is 0 Å². The number of thiazole rings is 1. The lowest BCUT2D eigenvalue weighted by atomic mass is 9.97. The number of piperidine rings is 1. The average Bonchev–Trinajstić information content (AvgIpc) is 3.45. The fourth-order valence-electron chi connectivity index (χ4n) is 4.68. The lowest BCUT2D eigenvalue weighted by molar-refractivity contribution is -0.897. The molecule has 6 heteroatoms. The van der Waals surface area contributed by atoms with Crippen LogP contribution in [0.3, 0.4) is 0 Å². The third-order valence-corrected chi connectivity index (χ3v) is 7.58. The van der Waals surface area contributed by atoms with Crippen molar-refractivity contribution in [3.8, 4) is 0 Å². The molecule has 0 atom stereocenters. The van der Waals surface area contributed by atoms with Gasteiger partial charge in [-0.3, -0.25) is 4.79 Å². The zero-order valence-electron chi connectivity index (χ0n) is 17.3. The first-order chi connectivity index (χ1) is 14.7. The smallest absolute Gasteiger partial charge is 0.279 e. The Hall–Kier alpha value is -2.44. The van der Waals surface area contributed by atoms with Gasteiger partial charge in [0.15, 0.2) is 6.54 Å². The average molecular weight is 422 g/mol. The minimum Gasteiger partial charge on any atom is -0.372 e. The van der Waals surface area contributed by atoms with Gasteiger partial charge in [-0.1, -0.05) is 12.1 Å². The Morgan fingerprint density at radius 2 is 1.80 bits per heavy atom. The van der Waals surface area contributed by atoms with Gasteiger partial charge in [0.2, 0.25) is 0 Å². The van der Waals surface area contributed by atoms with Gasteiger partial charge in [-0.25, -0.2) is 4.98 Å². The molecule has 1 aromatic heterocycles. The Kier molecular flexibility index (Phi) is 5.69. The molecule has 3 heterocycles. The fourth-order valence-corrected chi connectivity index (χ4v) is 5.81. The molecule has 2 aliphatic heterocycles. The summed E-state index contributed by atoms with van der Waals surface area (Å²) in [5.74, 6) is 0.643. The first-order valence-corrected chi connectivity index (χ1v) is 11.9. The summed E-state index contributed by atoms with van der Waals surface area (Å²) in [5.41, 5.74) is 3.27. The lowest BCUT2D eigenvalue weighted by Gasteiger charge is -2.27. The van der Waals surface area contributed by atoms with Crippen LogP contribution < -0.4 is 15.1 Å². The highest BCUT2D eigenvalue weighted by molar-refractivity contribution is 7.18. The van der Waals surface area contributed by atoms with Crippen LogP contribution in [-0.2, 0) is 4.79 Å². The number of rotatable bonds is 5. The molecule has 3 aromatic rings. The molecule has 2 saturated heterocycles. The van der Waals surface area contributed by atoms with Gasteiger partial charge in [-0.15, -0.1) is 11.3 Å². The Labute approximate surface area is 181 Å². The Morgan fingerprint density at radius 3 is 2.53 bits per heavy atom. The zero-order valence-corrected chi connectivity index (χ0v) is 18.1. The minimum absolute atomic E-state index is 0.109. The van der Waals surface area contributed by atoms with Crippen LogP contribution in [0.25, 0.3) is 10.2 Å². The number of fused-ring (bicyclic) bond motifs is 1. The SMILES string of the molecule is O=C(C[NH+]1CCC(c2nc3ccccc3s2)CC1)Nc1ccc(N2CCCC2)cc1. The number of hydrogen-bond donors (Lipinski definition) is 2. The Bertz CT molecular complexity index is 968. The van der Waals surface area contributed by atoms with Gasteiger partial charge in [0.25, 0.3) is 5.91 Å². The van der Waals surface area contributed by atoms with Crippen LogP contribution in [0.15, 0.2) is 48.5 Å². The number of aromatic nitrogens is 1. The maximum absolute atomic E-state index is 12.5. The third-order valence-electron chi connectivity index (χ3n) is 6.39. The van der Waals surface area contributed by atoms with Crippen LogP contribution in [0.1, 0.15) is 36.6 Å². The molecule has 0 radical (unpaired) electrons. The number of carbonyl (C=O) groups excluding carboxylic acids is 1. The molecule has 5 nitrogen and oxygen atoms in total. The van der Waals surface area contributed by atoms with Crippen molar-refractivity contribution in [1.29, 1.82) is 0 Å². The number of carbonyl (C=O) groups is 1. The zero-order chi connectivity index (χ0) is 20.3. The predicted molar refractivity (Wildman–Crippen MR) is 124 cm³/mol. The number of para-hydroxylation sites is 1. The summed E-state index contributed by atoms with van der Waals surface area (Å²) in [7, 11) is 0. The number of quaternary nitrogens is 1. The molecular weight excluding hydrogens is 392 g/mol. The van der Waals surface area contributed by atoms with Crippen LogP contribution in [0.2, 0.25) is 0 Å². The molecule has 30 heavy (non-hydrogen) atoms. The predicted octanol–water partition coefficient (Wildman–Crippen LogP) is 3.30. The second kappa shape index (κ2) is 8.74. The molecule has 2 aliphatic rings. The molecule has 0 bridgehead atoms. The van der Waals surface area contributed by atoms with E-state index >= 15 is 0 Å². The molecule has 2 aromatic carbocycles. The van der Waals surface area contributed by atoms with Crippen LogP contribution >= 0.6 is 11.3 Å². The highest BCUT2D eigenvalue weighted by Gasteiger charge is 2.27. The molecule has 0 unspecified atom stereocenters. The highest BCUT2D eigenvalue weighted by atomic mass is 32.1. The van der Waals surface area contributed by atoms with Crippen molar-refractivity contribution in [3.05, 3.63) is 53.5 Å². The van der Waals surface area contributed by atoms with E-state index in [0.717, 1.165) is 50.2 Å². The summed E-state index contributed by atoms with van der Waals surface area (Å²) in [6, 6.07) is 16.7. The monoisotopic (exact) mass is 421 g/mol. The molecule has 156 valence electrons. The van der Waals surface area contributed by atoms with Crippen molar-refractivity contribution in [2.45, 2.75) is 31.6 Å². The Morgan fingerprint density at radius 1 is 1.07 bits per heavy atom. The number of benzene rings is 2. The van der Waals surface area contributed by atoms with Crippen LogP contribution in [0.4, 0.5) is 11.4 Å². The van der Waals surface area contributed by atoms with Crippen molar-refractivity contribution in [3.63, 3.8) is 0 Å². The molecule has 2 N–H and O–H groups in total. The molecule has 0 saturated carbocycles. The fraction of sp³-hybridized carbons (Fsp3) is 0.417. The molecule has 0 aliphatic carbocycles. The van der Waals surface area contributed by atoms with Gasteiger partial charge in [0, 0.05) is 43.2 Å². The Balaban J connectivity index is 1.11. The summed E-state index contributed by atoms with van der Waals surface area (Å²) >= 11 is 1.83. The van der Waals surface area contributed by atoms with E-state index in [2.05, 4.69) is 46.6 Å². The number of amides is 1. The van der Waals surface area contributed by atoms with Crippen molar-refractivity contribution in [2.75, 3.05) is 42.9 Å². The number of hydrogen-bond acceptors (Lipinski definition) is 4. The van der Waals surface area contributed by atoms with Crippen molar-refractivity contribution < 1.29 is 9.69 Å². The van der Waals surface area contributed by atoms with Gasteiger partial charge in [-0.2, -0.15) is 0 Å². The number of anilines is 2. The van der Waals surface area contributed by atoms with E-state index in [-0.39, 0.29) is 5.91 Å². The number of nitrogens with zero attached hydrogens (tertiary/aromatic N) is 2. The van der Waals surface area contributed by atoms with E-state index in [9.17, 15) is 4.79 Å². The molecule has 0 spiro atoms. The molecule has 5 rings (SSSR count). The van der Waals surface area contributed by atoms with Gasteiger partial charge in [0.05, 0.1) is 28.3 Å². The van der Waals surface area contributed by atoms with Gasteiger partial charge < -0.3 is 15.1 Å². The van der Waals surface area contributed by atoms with E-state index in [1.807, 2.05) is 23.5 Å². The third kappa shape index (κ3) is 4.35. The largest absolute Gasteiger partial charge is 0.372 e. The first-order valence-electron chi connectivity index (χ1n) is 11.1. The van der Waals surface area contributed by atoms with E-state index in [1.165, 1.54) is 33.1 Å². The minimum atomic E-state index is 0.109. The van der Waals surface area contributed by atoms with Gasteiger partial charge in [-0.05, 0) is 49.2 Å². The lowest BCUT2D eigenvalue weighted by Crippen LogP contribution is -3.14. The summed E-state index contributed by atoms with van der Waals surface area (Å²) in [6.07, 6.45) is 4.76. The molecular formula is C24H29N4OS+. The molecule has 1 amide bonds. The van der Waals surface area contributed by atoms with Crippen molar-refractivity contribution >= 4 is 38.8 Å². The van der Waals surface area contributed by atoms with E-state index in [1.54, 1.807) is 0 Å². The summed E-state index contributed by atoms with van der Waals surface area (Å²) in [5, 5.41) is 4.34. The maximum atomic E-state index is 12.5. The molecule has 2 fully saturated rings. The van der Waals surface area contributed by atoms with E-state index in [0.29, 0.717) is 12.5 Å². The van der Waals surface area contributed by atoms with Gasteiger partial charge >= 0.3 is 0 Å². The first kappa shape index (κ1) is 19.5. The maximum Gasteiger partial charge on any atom is 0.279 e. The normalized spacial score (nSPS) is 21.8. The van der Waals surface area contributed by atoms with Crippen LogP contribution in [0.5, 0.6) is 0 Å². The quantitative estimate of drug-likeness (QED) is 0.665. The summed E-state index contributed by atoms with van der Waals surface area (Å²) < 4.78 is 1.28. The second-order valence-electron chi connectivity index (χ2n) is 8.51. The van der Waals surface area contributed by atoms with Crippen LogP contribution in [0, 0.1) is 0 Å². The topological polar surface area (TPSA) is 49.7 Å². The number of likely N-dealkylation sites (tertiary alicyclic amines) is 1. The summed E-state index contributed by atoms with van der Waals surface area (Å²) in [4.78, 5) is 21.2. The van der Waals surface area contributed by atoms with Crippen LogP contribution in [-0.4, -0.2) is 43.6 Å². The summed E-state index contributed by atoms with van der Waals surface area (Å²) in [6.45, 7) is 4.88. The number of nitrogens with one attached hydrogen (secondary N) is 2. The second-order valence-corrected chi connectivity index (χ2v) is 9.57. The van der Waals surface area contributed by atoms with Crippen molar-refractivity contribution in [2.24, 2.45) is 0 Å². The van der Waals surface area contributed by atoms with Gasteiger partial charge in [0.1, 0.15) is 0 Å². The standard InChI is InChI=1S/C24H28N4OS/c29-23(25-19-7-9-20(10-8-19)28-13-3-4-14-28)17-27-15-11-18(12-16-27)24-26-21-5-1-2-6-22(21)30-24/h1-2,5-10,18H,3-4,11-17H2,(H,25,29)/p+1. The van der Waals surface area contributed by atoms with E-state index in [4.69, 9.17) is 4.98 Å².